The molecule has 1 aromatic carbocycles. The summed E-state index contributed by atoms with van der Waals surface area (Å²) in [5.41, 5.74) is 2.92. The molecule has 0 N–H and O–H groups in total. The van der Waals surface area contributed by atoms with Crippen molar-refractivity contribution in [3.63, 3.8) is 0 Å². The largest absolute Gasteiger partial charge is 0.493 e. The normalized spacial score (nSPS) is 18.3. The molecule has 148 valence electrons. The Morgan fingerprint density at radius 2 is 1.89 bits per heavy atom. The number of fused-ring (bicyclic) bond motifs is 1. The molecule has 2 aromatic rings. The van der Waals surface area contributed by atoms with E-state index in [4.69, 9.17) is 13.7 Å². The zero-order valence-corrected chi connectivity index (χ0v) is 18.7. The highest BCUT2D eigenvalue weighted by Crippen LogP contribution is 2.36. The van der Waals surface area contributed by atoms with Gasteiger partial charge in [0.15, 0.2) is 8.32 Å². The van der Waals surface area contributed by atoms with E-state index in [0.29, 0.717) is 26.4 Å². The van der Waals surface area contributed by atoms with Crippen molar-refractivity contribution in [3.05, 3.63) is 18.2 Å². The summed E-state index contributed by atoms with van der Waals surface area (Å²) in [7, 11) is -2.07. The SMILES string of the molecule is CC1(C)COB(c2ccc3c(c2)nnn3CCO[Si](C)(C)C(C)(C)C)OC1. The number of nitrogens with zero attached hydrogens (tertiary/aromatic N) is 3. The summed E-state index contributed by atoms with van der Waals surface area (Å²) in [6, 6.07) is 6.10. The second-order valence-electron chi connectivity index (χ2n) is 9.79. The first kappa shape index (κ1) is 20.5. The number of hydrogen-bond acceptors (Lipinski definition) is 5. The smallest absolute Gasteiger partial charge is 0.415 e. The fourth-order valence-corrected chi connectivity index (χ4v) is 3.82. The average Bonchev–Trinajstić information content (AvgIpc) is 2.96. The standard InChI is InChI=1S/C19H32BN3O3Si/c1-18(2,3)27(6,7)26-11-10-23-17-9-8-15(12-16(17)21-22-23)20-24-13-19(4,5)14-25-20/h8-9,12H,10-11,13-14H2,1-7H3. The summed E-state index contributed by atoms with van der Waals surface area (Å²) in [6.07, 6.45) is 0. The lowest BCUT2D eigenvalue weighted by Gasteiger charge is -2.36. The lowest BCUT2D eigenvalue weighted by atomic mass is 9.76. The maximum atomic E-state index is 6.26. The number of aromatic nitrogens is 3. The van der Waals surface area contributed by atoms with Crippen LogP contribution >= 0.6 is 0 Å². The van der Waals surface area contributed by atoms with Gasteiger partial charge in [0.1, 0.15) is 5.52 Å². The van der Waals surface area contributed by atoms with Crippen LogP contribution in [0.4, 0.5) is 0 Å². The number of hydrogen-bond donors (Lipinski definition) is 0. The lowest BCUT2D eigenvalue weighted by molar-refractivity contribution is 0.0343. The predicted molar refractivity (Wildman–Crippen MR) is 112 cm³/mol. The van der Waals surface area contributed by atoms with Gasteiger partial charge < -0.3 is 13.7 Å². The van der Waals surface area contributed by atoms with Crippen molar-refractivity contribution >= 4 is 31.9 Å². The molecule has 0 saturated carbocycles. The first-order chi connectivity index (χ1) is 12.5. The first-order valence-electron chi connectivity index (χ1n) is 9.69. The van der Waals surface area contributed by atoms with Crippen molar-refractivity contribution in [2.45, 2.75) is 59.3 Å². The molecule has 0 aliphatic carbocycles. The summed E-state index contributed by atoms with van der Waals surface area (Å²) in [6.45, 7) is 18.3. The van der Waals surface area contributed by atoms with Crippen LogP contribution in [0, 0.1) is 5.41 Å². The van der Waals surface area contributed by atoms with Crippen LogP contribution in [-0.2, 0) is 20.3 Å². The molecule has 27 heavy (non-hydrogen) atoms. The topological polar surface area (TPSA) is 58.4 Å². The molecule has 1 aromatic heterocycles. The Hall–Kier alpha value is -1.22. The van der Waals surface area contributed by atoms with Crippen molar-refractivity contribution in [1.82, 2.24) is 15.0 Å². The quantitative estimate of drug-likeness (QED) is 0.735. The molecular weight excluding hydrogens is 357 g/mol. The average molecular weight is 389 g/mol. The monoisotopic (exact) mass is 389 g/mol. The second kappa shape index (κ2) is 7.31. The Morgan fingerprint density at radius 3 is 2.52 bits per heavy atom. The minimum Gasteiger partial charge on any atom is -0.415 e. The summed E-state index contributed by atoms with van der Waals surface area (Å²) in [4.78, 5) is 0. The molecule has 0 amide bonds. The van der Waals surface area contributed by atoms with Gasteiger partial charge in [0.2, 0.25) is 0 Å². The minimum absolute atomic E-state index is 0.0634. The van der Waals surface area contributed by atoms with Gasteiger partial charge in [-0.05, 0) is 35.7 Å². The Labute approximate surface area is 163 Å². The van der Waals surface area contributed by atoms with E-state index in [1.165, 1.54) is 0 Å². The molecule has 1 aliphatic heterocycles. The molecule has 8 heteroatoms. The van der Waals surface area contributed by atoms with E-state index >= 15 is 0 Å². The maximum Gasteiger partial charge on any atom is 0.493 e. The maximum absolute atomic E-state index is 6.26. The third-order valence-electron chi connectivity index (χ3n) is 5.63. The van der Waals surface area contributed by atoms with Crippen LogP contribution in [0.25, 0.3) is 11.0 Å². The Kier molecular flexibility index (Phi) is 5.56. The molecule has 0 atom stereocenters. The predicted octanol–water partition coefficient (Wildman–Crippen LogP) is 3.22. The van der Waals surface area contributed by atoms with Crippen molar-refractivity contribution in [3.8, 4) is 0 Å². The lowest BCUT2D eigenvalue weighted by Crippen LogP contribution is -2.47. The third-order valence-corrected chi connectivity index (χ3v) is 10.2. The van der Waals surface area contributed by atoms with Crippen LogP contribution < -0.4 is 5.46 Å². The van der Waals surface area contributed by atoms with E-state index in [0.717, 1.165) is 16.5 Å². The van der Waals surface area contributed by atoms with Gasteiger partial charge in [-0.3, -0.25) is 0 Å². The van der Waals surface area contributed by atoms with Crippen LogP contribution in [0.15, 0.2) is 18.2 Å². The first-order valence-corrected chi connectivity index (χ1v) is 12.6. The molecule has 0 radical (unpaired) electrons. The summed E-state index contributed by atoms with van der Waals surface area (Å²) in [5.74, 6) is 0. The van der Waals surface area contributed by atoms with Crippen molar-refractivity contribution in [1.29, 1.82) is 0 Å². The molecule has 2 heterocycles. The van der Waals surface area contributed by atoms with Crippen LogP contribution in [-0.4, -0.2) is 50.3 Å². The molecular formula is C19H32BN3O3Si. The van der Waals surface area contributed by atoms with E-state index in [9.17, 15) is 0 Å². The van der Waals surface area contributed by atoms with Gasteiger partial charge in [-0.1, -0.05) is 45.9 Å². The van der Waals surface area contributed by atoms with Gasteiger partial charge in [0.05, 0.1) is 18.7 Å². The summed E-state index contributed by atoms with van der Waals surface area (Å²) in [5, 5.41) is 8.84. The highest BCUT2D eigenvalue weighted by molar-refractivity contribution is 6.74. The Bertz CT molecular complexity index is 791. The molecule has 0 unspecified atom stereocenters. The highest BCUT2D eigenvalue weighted by atomic mass is 28.4. The van der Waals surface area contributed by atoms with Crippen molar-refractivity contribution < 1.29 is 13.7 Å². The fraction of sp³-hybridized carbons (Fsp3) is 0.684. The van der Waals surface area contributed by atoms with Crippen LogP contribution in [0.3, 0.4) is 0 Å². The molecule has 1 aliphatic rings. The Balaban J connectivity index is 1.66. The summed E-state index contributed by atoms with van der Waals surface area (Å²) >= 11 is 0. The molecule has 3 rings (SSSR count). The minimum atomic E-state index is -1.74. The van der Waals surface area contributed by atoms with E-state index in [2.05, 4.69) is 58.0 Å². The van der Waals surface area contributed by atoms with E-state index < -0.39 is 8.32 Å². The van der Waals surface area contributed by atoms with E-state index in [1.807, 2.05) is 22.9 Å². The molecule has 1 saturated heterocycles. The number of rotatable bonds is 5. The second-order valence-corrected chi connectivity index (χ2v) is 14.6. The van der Waals surface area contributed by atoms with Gasteiger partial charge in [-0.2, -0.15) is 0 Å². The fourth-order valence-electron chi connectivity index (χ4n) is 2.79. The third kappa shape index (κ3) is 4.62. The zero-order valence-electron chi connectivity index (χ0n) is 17.7. The van der Waals surface area contributed by atoms with Crippen molar-refractivity contribution in [2.24, 2.45) is 5.41 Å². The zero-order chi connectivity index (χ0) is 19.9. The molecule has 1 fully saturated rings. The van der Waals surface area contributed by atoms with Gasteiger partial charge in [-0.15, -0.1) is 5.10 Å². The molecule has 6 nitrogen and oxygen atoms in total. The van der Waals surface area contributed by atoms with E-state index in [1.54, 1.807) is 0 Å². The number of benzene rings is 1. The Morgan fingerprint density at radius 1 is 1.22 bits per heavy atom. The molecule has 0 spiro atoms. The van der Waals surface area contributed by atoms with Gasteiger partial charge in [0.25, 0.3) is 0 Å². The highest BCUT2D eigenvalue weighted by Gasteiger charge is 2.37. The molecule has 0 bridgehead atoms. The van der Waals surface area contributed by atoms with Crippen LogP contribution in [0.1, 0.15) is 34.6 Å². The summed E-state index contributed by atoms with van der Waals surface area (Å²) < 4.78 is 19.9. The van der Waals surface area contributed by atoms with Gasteiger partial charge in [-0.25, -0.2) is 4.68 Å². The van der Waals surface area contributed by atoms with Crippen LogP contribution in [0.5, 0.6) is 0 Å². The van der Waals surface area contributed by atoms with Crippen LogP contribution in [0.2, 0.25) is 18.1 Å². The van der Waals surface area contributed by atoms with Gasteiger partial charge >= 0.3 is 7.12 Å². The van der Waals surface area contributed by atoms with Crippen molar-refractivity contribution in [2.75, 3.05) is 19.8 Å². The van der Waals surface area contributed by atoms with Gasteiger partial charge in [0, 0.05) is 18.6 Å². The van der Waals surface area contributed by atoms with E-state index in [-0.39, 0.29) is 17.6 Å².